The molecule has 2 aromatic rings. The lowest BCUT2D eigenvalue weighted by Crippen LogP contribution is -2.24. The quantitative estimate of drug-likeness (QED) is 0.847. The van der Waals surface area contributed by atoms with Gasteiger partial charge in [0.15, 0.2) is 11.6 Å². The van der Waals surface area contributed by atoms with E-state index in [9.17, 15) is 13.2 Å². The van der Waals surface area contributed by atoms with Gasteiger partial charge in [-0.3, -0.25) is 0 Å². The van der Waals surface area contributed by atoms with E-state index in [0.29, 0.717) is 12.1 Å². The van der Waals surface area contributed by atoms with Crippen LogP contribution in [0, 0.1) is 17.5 Å². The lowest BCUT2D eigenvalue weighted by atomic mass is 9.98. The summed E-state index contributed by atoms with van der Waals surface area (Å²) in [6.45, 7) is 2.52. The van der Waals surface area contributed by atoms with E-state index in [4.69, 9.17) is 11.6 Å². The maximum Gasteiger partial charge on any atom is 0.162 e. The van der Waals surface area contributed by atoms with Crippen molar-refractivity contribution in [2.24, 2.45) is 0 Å². The van der Waals surface area contributed by atoms with Crippen molar-refractivity contribution in [3.05, 3.63) is 70.0 Å². The summed E-state index contributed by atoms with van der Waals surface area (Å²) in [5.41, 5.74) is 0.907. The molecule has 0 saturated carbocycles. The highest BCUT2D eigenvalue weighted by Gasteiger charge is 2.18. The van der Waals surface area contributed by atoms with E-state index in [2.05, 4.69) is 5.32 Å². The van der Waals surface area contributed by atoms with E-state index in [1.165, 1.54) is 24.3 Å². The van der Waals surface area contributed by atoms with Gasteiger partial charge in [0.25, 0.3) is 0 Å². The molecule has 112 valence electrons. The van der Waals surface area contributed by atoms with Gasteiger partial charge in [0.1, 0.15) is 5.82 Å². The first-order chi connectivity index (χ1) is 10.0. The van der Waals surface area contributed by atoms with Crippen molar-refractivity contribution in [2.75, 3.05) is 6.54 Å². The molecule has 0 aliphatic rings. The second kappa shape index (κ2) is 6.96. The molecule has 21 heavy (non-hydrogen) atoms. The largest absolute Gasteiger partial charge is 0.310 e. The van der Waals surface area contributed by atoms with E-state index in [-0.39, 0.29) is 23.0 Å². The van der Waals surface area contributed by atoms with Gasteiger partial charge < -0.3 is 5.32 Å². The first kappa shape index (κ1) is 15.9. The van der Waals surface area contributed by atoms with Gasteiger partial charge >= 0.3 is 0 Å². The number of rotatable bonds is 5. The minimum atomic E-state index is -0.882. The van der Waals surface area contributed by atoms with Crippen LogP contribution >= 0.6 is 11.6 Å². The highest BCUT2D eigenvalue weighted by molar-refractivity contribution is 6.31. The van der Waals surface area contributed by atoms with Crippen molar-refractivity contribution in [1.29, 1.82) is 0 Å². The summed E-state index contributed by atoms with van der Waals surface area (Å²) in [7, 11) is 0. The van der Waals surface area contributed by atoms with Crippen LogP contribution < -0.4 is 5.32 Å². The van der Waals surface area contributed by atoms with E-state index in [1.54, 1.807) is 6.07 Å². The molecule has 2 rings (SSSR count). The zero-order valence-corrected chi connectivity index (χ0v) is 12.2. The molecule has 1 N–H and O–H groups in total. The third-order valence-corrected chi connectivity index (χ3v) is 3.57. The van der Waals surface area contributed by atoms with Crippen molar-refractivity contribution in [3.63, 3.8) is 0 Å². The average Bonchev–Trinajstić information content (AvgIpc) is 2.43. The zero-order chi connectivity index (χ0) is 15.4. The van der Waals surface area contributed by atoms with Crippen molar-refractivity contribution in [2.45, 2.75) is 19.4 Å². The minimum Gasteiger partial charge on any atom is -0.310 e. The molecular weight excluding hydrogens is 299 g/mol. The van der Waals surface area contributed by atoms with Crippen LogP contribution in [0.4, 0.5) is 13.2 Å². The predicted octanol–water partition coefficient (Wildman–Crippen LogP) is 4.65. The van der Waals surface area contributed by atoms with Crippen molar-refractivity contribution >= 4 is 11.6 Å². The summed E-state index contributed by atoms with van der Waals surface area (Å²) in [5, 5.41) is 3.42. The van der Waals surface area contributed by atoms with Gasteiger partial charge in [0.05, 0.1) is 0 Å². The summed E-state index contributed by atoms with van der Waals surface area (Å²) < 4.78 is 40.2. The molecule has 0 aliphatic carbocycles. The Kier molecular flexibility index (Phi) is 5.26. The van der Waals surface area contributed by atoms with Crippen LogP contribution in [-0.2, 0) is 6.42 Å². The summed E-state index contributed by atoms with van der Waals surface area (Å²) >= 11 is 6.05. The first-order valence-electron chi connectivity index (χ1n) is 6.64. The summed E-state index contributed by atoms with van der Waals surface area (Å²) in [6, 6.07) is 7.81. The highest BCUT2D eigenvalue weighted by Crippen LogP contribution is 2.27. The van der Waals surface area contributed by atoms with E-state index >= 15 is 0 Å². The van der Waals surface area contributed by atoms with Gasteiger partial charge in [-0.25, -0.2) is 13.2 Å². The van der Waals surface area contributed by atoms with Crippen LogP contribution in [0.25, 0.3) is 0 Å². The molecule has 1 atom stereocenters. The van der Waals surface area contributed by atoms with Crippen LogP contribution in [0.2, 0.25) is 5.02 Å². The number of hydrogen-bond donors (Lipinski definition) is 1. The fraction of sp³-hybridized carbons (Fsp3) is 0.250. The molecule has 0 aromatic heterocycles. The Hall–Kier alpha value is -1.52. The molecule has 0 aliphatic heterocycles. The van der Waals surface area contributed by atoms with Crippen LogP contribution in [0.15, 0.2) is 36.4 Å². The molecule has 0 heterocycles. The first-order valence-corrected chi connectivity index (χ1v) is 7.02. The fourth-order valence-electron chi connectivity index (χ4n) is 2.25. The van der Waals surface area contributed by atoms with Crippen molar-refractivity contribution < 1.29 is 13.2 Å². The topological polar surface area (TPSA) is 12.0 Å². The van der Waals surface area contributed by atoms with Crippen LogP contribution in [0.5, 0.6) is 0 Å². The number of likely N-dealkylation sites (N-methyl/N-ethyl adjacent to an activating group) is 1. The second-order valence-corrected chi connectivity index (χ2v) is 5.10. The van der Waals surface area contributed by atoms with Gasteiger partial charge in [0.2, 0.25) is 0 Å². The maximum atomic E-state index is 13.8. The molecule has 0 bridgehead atoms. The number of nitrogens with one attached hydrogen (secondary N) is 1. The molecule has 0 amide bonds. The number of hydrogen-bond acceptors (Lipinski definition) is 1. The van der Waals surface area contributed by atoms with Crippen molar-refractivity contribution in [3.8, 4) is 0 Å². The van der Waals surface area contributed by atoms with Crippen LogP contribution in [-0.4, -0.2) is 6.54 Å². The molecular formula is C16H15ClF3N. The van der Waals surface area contributed by atoms with E-state index < -0.39 is 17.5 Å². The van der Waals surface area contributed by atoms with Crippen LogP contribution in [0.3, 0.4) is 0 Å². The smallest absolute Gasteiger partial charge is 0.162 e. The average molecular weight is 314 g/mol. The van der Waals surface area contributed by atoms with Gasteiger partial charge in [-0.1, -0.05) is 36.7 Å². The van der Waals surface area contributed by atoms with Gasteiger partial charge in [0, 0.05) is 11.1 Å². The summed E-state index contributed by atoms with van der Waals surface area (Å²) in [4.78, 5) is 0. The SMILES string of the molecule is CCNC(Cc1cccc(F)c1F)c1ccc(F)cc1Cl. The molecule has 0 saturated heterocycles. The third kappa shape index (κ3) is 3.77. The molecule has 2 aromatic carbocycles. The molecule has 0 radical (unpaired) electrons. The third-order valence-electron chi connectivity index (χ3n) is 3.24. The molecule has 1 unspecified atom stereocenters. The molecule has 0 spiro atoms. The van der Waals surface area contributed by atoms with Gasteiger partial charge in [-0.05, 0) is 42.3 Å². The van der Waals surface area contributed by atoms with Crippen LogP contribution in [0.1, 0.15) is 24.1 Å². The predicted molar refractivity (Wildman–Crippen MR) is 77.9 cm³/mol. The summed E-state index contributed by atoms with van der Waals surface area (Å²) in [6.07, 6.45) is 0.225. The lowest BCUT2D eigenvalue weighted by Gasteiger charge is -2.20. The number of benzene rings is 2. The Labute approximate surface area is 126 Å². The normalized spacial score (nSPS) is 12.4. The second-order valence-electron chi connectivity index (χ2n) is 4.69. The Bertz CT molecular complexity index is 631. The fourth-order valence-corrected chi connectivity index (χ4v) is 2.55. The Morgan fingerprint density at radius 3 is 2.57 bits per heavy atom. The monoisotopic (exact) mass is 313 g/mol. The molecule has 5 heteroatoms. The zero-order valence-electron chi connectivity index (χ0n) is 11.5. The molecule has 1 nitrogen and oxygen atoms in total. The highest BCUT2D eigenvalue weighted by atomic mass is 35.5. The maximum absolute atomic E-state index is 13.8. The summed E-state index contributed by atoms with van der Waals surface area (Å²) in [5.74, 6) is -2.18. The molecule has 0 fully saturated rings. The Morgan fingerprint density at radius 2 is 1.90 bits per heavy atom. The van der Waals surface area contributed by atoms with Gasteiger partial charge in [-0.15, -0.1) is 0 Å². The Morgan fingerprint density at radius 1 is 1.14 bits per heavy atom. The van der Waals surface area contributed by atoms with Gasteiger partial charge in [-0.2, -0.15) is 0 Å². The van der Waals surface area contributed by atoms with E-state index in [0.717, 1.165) is 6.07 Å². The lowest BCUT2D eigenvalue weighted by molar-refractivity contribution is 0.481. The Balaban J connectivity index is 2.33. The number of halogens is 4. The standard InChI is InChI=1S/C16H15ClF3N/c1-2-21-15(12-7-6-11(18)9-13(12)17)8-10-4-3-5-14(19)16(10)20/h3-7,9,15,21H,2,8H2,1H3. The van der Waals surface area contributed by atoms with Crippen molar-refractivity contribution in [1.82, 2.24) is 5.32 Å². The minimum absolute atomic E-state index is 0.225. The van der Waals surface area contributed by atoms with E-state index in [1.807, 2.05) is 6.92 Å².